The number of thiazole rings is 1. The number of nitrogens with zero attached hydrogens (tertiary/aromatic N) is 1. The fourth-order valence-electron chi connectivity index (χ4n) is 2.17. The third-order valence-electron chi connectivity index (χ3n) is 3.11. The SMILES string of the molecule is Cc1nc(C)c(C(C)NC(=O)c2ccc(F)cc2C)s1. The van der Waals surface area contributed by atoms with Crippen molar-refractivity contribution < 1.29 is 9.18 Å². The molecule has 1 aromatic heterocycles. The number of aromatic nitrogens is 1. The number of rotatable bonds is 3. The maximum absolute atomic E-state index is 13.1. The van der Waals surface area contributed by atoms with Gasteiger partial charge in [-0.15, -0.1) is 11.3 Å². The number of carbonyl (C=O) groups is 1. The van der Waals surface area contributed by atoms with Crippen molar-refractivity contribution in [2.45, 2.75) is 33.7 Å². The zero-order chi connectivity index (χ0) is 14.9. The molecule has 2 aromatic rings. The second-order valence-corrected chi connectivity index (χ2v) is 6.07. The molecule has 5 heteroatoms. The number of aryl methyl sites for hydroxylation is 3. The van der Waals surface area contributed by atoms with Crippen LogP contribution in [0.2, 0.25) is 0 Å². The number of nitrogens with one attached hydrogen (secondary N) is 1. The van der Waals surface area contributed by atoms with Crippen LogP contribution in [0.4, 0.5) is 4.39 Å². The minimum Gasteiger partial charge on any atom is -0.345 e. The maximum atomic E-state index is 13.1. The molecule has 0 saturated heterocycles. The number of hydrogen-bond acceptors (Lipinski definition) is 3. The van der Waals surface area contributed by atoms with E-state index in [0.717, 1.165) is 15.6 Å². The Morgan fingerprint density at radius 2 is 2.05 bits per heavy atom. The van der Waals surface area contributed by atoms with Crippen LogP contribution in [0.15, 0.2) is 18.2 Å². The van der Waals surface area contributed by atoms with Gasteiger partial charge in [-0.05, 0) is 51.5 Å². The van der Waals surface area contributed by atoms with Crippen molar-refractivity contribution in [1.82, 2.24) is 10.3 Å². The molecular weight excluding hydrogens is 275 g/mol. The zero-order valence-electron chi connectivity index (χ0n) is 12.0. The van der Waals surface area contributed by atoms with Gasteiger partial charge in [0.15, 0.2) is 0 Å². The lowest BCUT2D eigenvalue weighted by Crippen LogP contribution is -2.27. The first-order chi connectivity index (χ1) is 9.38. The van der Waals surface area contributed by atoms with E-state index in [1.54, 1.807) is 18.3 Å². The molecule has 0 aliphatic rings. The standard InChI is InChI=1S/C15H17FN2OS/c1-8-7-12(16)5-6-13(8)15(19)18-10(3)14-9(2)17-11(4)20-14/h5-7,10H,1-4H3,(H,18,19). The van der Waals surface area contributed by atoms with Gasteiger partial charge >= 0.3 is 0 Å². The quantitative estimate of drug-likeness (QED) is 0.937. The summed E-state index contributed by atoms with van der Waals surface area (Å²) in [6, 6.07) is 4.06. The van der Waals surface area contributed by atoms with Crippen LogP contribution < -0.4 is 5.32 Å². The van der Waals surface area contributed by atoms with Crippen LogP contribution in [0.25, 0.3) is 0 Å². The minimum absolute atomic E-state index is 0.113. The highest BCUT2D eigenvalue weighted by Crippen LogP contribution is 2.24. The van der Waals surface area contributed by atoms with Crippen LogP contribution in [0.1, 0.15) is 44.5 Å². The summed E-state index contributed by atoms with van der Waals surface area (Å²) in [6.45, 7) is 7.53. The molecule has 0 aliphatic heterocycles. The maximum Gasteiger partial charge on any atom is 0.252 e. The van der Waals surface area contributed by atoms with Gasteiger partial charge in [0.2, 0.25) is 0 Å². The normalized spacial score (nSPS) is 12.2. The first-order valence-corrected chi connectivity index (χ1v) is 7.21. The Hall–Kier alpha value is -1.75. The first-order valence-electron chi connectivity index (χ1n) is 6.39. The highest BCUT2D eigenvalue weighted by atomic mass is 32.1. The fraction of sp³-hybridized carbons (Fsp3) is 0.333. The Labute approximate surface area is 121 Å². The zero-order valence-corrected chi connectivity index (χ0v) is 12.8. The summed E-state index contributed by atoms with van der Waals surface area (Å²) in [7, 11) is 0. The summed E-state index contributed by atoms with van der Waals surface area (Å²) >= 11 is 1.58. The number of halogens is 1. The van der Waals surface area contributed by atoms with E-state index in [4.69, 9.17) is 0 Å². The Kier molecular flexibility index (Phi) is 4.18. The van der Waals surface area contributed by atoms with Crippen molar-refractivity contribution in [2.24, 2.45) is 0 Å². The molecule has 0 saturated carbocycles. The van der Waals surface area contributed by atoms with Crippen molar-refractivity contribution in [2.75, 3.05) is 0 Å². The van der Waals surface area contributed by atoms with Gasteiger partial charge in [-0.2, -0.15) is 0 Å². The van der Waals surface area contributed by atoms with E-state index in [9.17, 15) is 9.18 Å². The average Bonchev–Trinajstić information content (AvgIpc) is 2.68. The van der Waals surface area contributed by atoms with Gasteiger partial charge in [-0.1, -0.05) is 0 Å². The van der Waals surface area contributed by atoms with E-state index in [2.05, 4.69) is 10.3 Å². The Morgan fingerprint density at radius 1 is 1.35 bits per heavy atom. The molecule has 0 radical (unpaired) electrons. The van der Waals surface area contributed by atoms with Gasteiger partial charge in [0, 0.05) is 10.4 Å². The molecule has 1 atom stereocenters. The summed E-state index contributed by atoms with van der Waals surface area (Å²) in [5, 5.41) is 3.92. The predicted molar refractivity (Wildman–Crippen MR) is 78.6 cm³/mol. The van der Waals surface area contributed by atoms with Crippen molar-refractivity contribution in [3.05, 3.63) is 50.7 Å². The number of hydrogen-bond donors (Lipinski definition) is 1. The molecule has 0 bridgehead atoms. The van der Waals surface area contributed by atoms with E-state index in [0.29, 0.717) is 11.1 Å². The average molecular weight is 292 g/mol. The largest absolute Gasteiger partial charge is 0.345 e. The molecule has 0 fully saturated rings. The van der Waals surface area contributed by atoms with Crippen molar-refractivity contribution in [3.63, 3.8) is 0 Å². The Balaban J connectivity index is 2.17. The van der Waals surface area contributed by atoms with Crippen LogP contribution in [0, 0.1) is 26.6 Å². The van der Waals surface area contributed by atoms with Gasteiger partial charge in [-0.25, -0.2) is 9.37 Å². The number of carbonyl (C=O) groups excluding carboxylic acids is 1. The molecule has 1 unspecified atom stereocenters. The number of benzene rings is 1. The van der Waals surface area contributed by atoms with Gasteiger partial charge in [-0.3, -0.25) is 4.79 Å². The lowest BCUT2D eigenvalue weighted by molar-refractivity contribution is 0.0940. The third-order valence-corrected chi connectivity index (χ3v) is 4.37. The van der Waals surface area contributed by atoms with Gasteiger partial charge in [0.1, 0.15) is 5.82 Å². The summed E-state index contributed by atoms with van der Waals surface area (Å²) in [4.78, 5) is 17.6. The molecule has 1 N–H and O–H groups in total. The summed E-state index contributed by atoms with van der Waals surface area (Å²) in [6.07, 6.45) is 0. The second-order valence-electron chi connectivity index (χ2n) is 4.84. The molecule has 0 spiro atoms. The van der Waals surface area contributed by atoms with Crippen LogP contribution in [-0.4, -0.2) is 10.9 Å². The van der Waals surface area contributed by atoms with E-state index < -0.39 is 0 Å². The molecule has 106 valence electrons. The molecule has 3 nitrogen and oxygen atoms in total. The van der Waals surface area contributed by atoms with E-state index in [1.165, 1.54) is 18.2 Å². The molecule has 1 amide bonds. The predicted octanol–water partition coefficient (Wildman–Crippen LogP) is 3.70. The molecule has 0 aliphatic carbocycles. The third kappa shape index (κ3) is 3.04. The van der Waals surface area contributed by atoms with Crippen LogP contribution in [-0.2, 0) is 0 Å². The molecular formula is C15H17FN2OS. The summed E-state index contributed by atoms with van der Waals surface area (Å²) in [5.74, 6) is -0.526. The lowest BCUT2D eigenvalue weighted by Gasteiger charge is -2.14. The fourth-order valence-corrected chi connectivity index (χ4v) is 3.10. The van der Waals surface area contributed by atoms with Crippen molar-refractivity contribution in [1.29, 1.82) is 0 Å². The summed E-state index contributed by atoms with van der Waals surface area (Å²) in [5.41, 5.74) is 2.07. The van der Waals surface area contributed by atoms with E-state index in [1.807, 2.05) is 20.8 Å². The minimum atomic E-state index is -0.332. The van der Waals surface area contributed by atoms with Crippen LogP contribution in [0.5, 0.6) is 0 Å². The monoisotopic (exact) mass is 292 g/mol. The van der Waals surface area contributed by atoms with Crippen molar-refractivity contribution >= 4 is 17.2 Å². The molecule has 1 aromatic carbocycles. The van der Waals surface area contributed by atoms with Crippen molar-refractivity contribution in [3.8, 4) is 0 Å². The highest BCUT2D eigenvalue weighted by molar-refractivity contribution is 7.11. The van der Waals surface area contributed by atoms with Crippen LogP contribution >= 0.6 is 11.3 Å². The lowest BCUT2D eigenvalue weighted by atomic mass is 10.1. The highest BCUT2D eigenvalue weighted by Gasteiger charge is 2.17. The Morgan fingerprint density at radius 3 is 2.60 bits per heavy atom. The number of amides is 1. The molecule has 2 rings (SSSR count). The summed E-state index contributed by atoms with van der Waals surface area (Å²) < 4.78 is 13.1. The second kappa shape index (κ2) is 5.71. The van der Waals surface area contributed by atoms with Gasteiger partial charge in [0.25, 0.3) is 5.91 Å². The van der Waals surface area contributed by atoms with Gasteiger partial charge in [0.05, 0.1) is 16.7 Å². The molecule has 1 heterocycles. The van der Waals surface area contributed by atoms with E-state index >= 15 is 0 Å². The first kappa shape index (κ1) is 14.7. The smallest absolute Gasteiger partial charge is 0.252 e. The van der Waals surface area contributed by atoms with Gasteiger partial charge < -0.3 is 5.32 Å². The van der Waals surface area contributed by atoms with E-state index in [-0.39, 0.29) is 17.8 Å². The Bertz CT molecular complexity index is 651. The van der Waals surface area contributed by atoms with Crippen LogP contribution in [0.3, 0.4) is 0 Å². The topological polar surface area (TPSA) is 42.0 Å². The molecule has 20 heavy (non-hydrogen) atoms.